The standard InChI is InChI=1S/C25H32Cl2N2O3/c1-5-13-28-25(31)23(6-2)29(15-18-7-12-21(26)22(27)14-18)24(30)16-32-20-10-8-19(9-11-20)17(3)4/h7-12,14,17,23H,5-6,13,15-16H2,1-4H3,(H,28,31). The molecule has 5 nitrogen and oxygen atoms in total. The molecule has 0 radical (unpaired) electrons. The van der Waals surface area contributed by atoms with Crippen molar-refractivity contribution in [1.82, 2.24) is 10.2 Å². The number of hydrogen-bond donors (Lipinski definition) is 1. The normalized spacial score (nSPS) is 11.8. The molecule has 0 saturated carbocycles. The number of nitrogens with zero attached hydrogens (tertiary/aromatic N) is 1. The molecule has 7 heteroatoms. The van der Waals surface area contributed by atoms with Gasteiger partial charge in [-0.15, -0.1) is 0 Å². The van der Waals surface area contributed by atoms with E-state index in [1.54, 1.807) is 23.1 Å². The van der Waals surface area contributed by atoms with Crippen LogP contribution in [0.5, 0.6) is 5.75 Å². The Morgan fingerprint density at radius 3 is 2.28 bits per heavy atom. The van der Waals surface area contributed by atoms with Crippen molar-refractivity contribution in [3.05, 3.63) is 63.6 Å². The van der Waals surface area contributed by atoms with Gasteiger partial charge in [-0.05, 0) is 54.2 Å². The zero-order valence-corrected chi connectivity index (χ0v) is 20.7. The molecule has 0 saturated heterocycles. The molecule has 2 aromatic carbocycles. The maximum atomic E-state index is 13.2. The minimum atomic E-state index is -0.615. The molecule has 0 aromatic heterocycles. The Morgan fingerprint density at radius 1 is 1.03 bits per heavy atom. The average molecular weight is 479 g/mol. The Hall–Kier alpha value is -2.24. The number of rotatable bonds is 11. The van der Waals surface area contributed by atoms with Crippen molar-refractivity contribution in [2.75, 3.05) is 13.2 Å². The van der Waals surface area contributed by atoms with E-state index in [2.05, 4.69) is 19.2 Å². The number of amides is 2. The summed E-state index contributed by atoms with van der Waals surface area (Å²) in [6.07, 6.45) is 1.30. The van der Waals surface area contributed by atoms with Gasteiger partial charge in [0.1, 0.15) is 11.8 Å². The molecule has 2 aromatic rings. The number of nitrogens with one attached hydrogen (secondary N) is 1. The van der Waals surface area contributed by atoms with Crippen LogP contribution in [0.15, 0.2) is 42.5 Å². The topological polar surface area (TPSA) is 58.6 Å². The number of benzene rings is 2. The smallest absolute Gasteiger partial charge is 0.261 e. The monoisotopic (exact) mass is 478 g/mol. The van der Waals surface area contributed by atoms with Crippen molar-refractivity contribution in [2.45, 2.75) is 59.0 Å². The zero-order valence-electron chi connectivity index (χ0n) is 19.2. The molecule has 0 aliphatic carbocycles. The van der Waals surface area contributed by atoms with Crippen LogP contribution in [0.1, 0.15) is 57.6 Å². The van der Waals surface area contributed by atoms with Crippen molar-refractivity contribution >= 4 is 35.0 Å². The van der Waals surface area contributed by atoms with Crippen LogP contribution < -0.4 is 10.1 Å². The molecule has 0 aliphatic heterocycles. The number of hydrogen-bond acceptors (Lipinski definition) is 3. The van der Waals surface area contributed by atoms with Gasteiger partial charge in [-0.25, -0.2) is 0 Å². The lowest BCUT2D eigenvalue weighted by Crippen LogP contribution is -2.50. The lowest BCUT2D eigenvalue weighted by molar-refractivity contribution is -0.143. The Balaban J connectivity index is 2.19. The summed E-state index contributed by atoms with van der Waals surface area (Å²) in [5.41, 5.74) is 1.99. The molecule has 0 bridgehead atoms. The number of carbonyl (C=O) groups is 2. The predicted molar refractivity (Wildman–Crippen MR) is 130 cm³/mol. The van der Waals surface area contributed by atoms with Gasteiger partial charge in [0, 0.05) is 13.1 Å². The summed E-state index contributed by atoms with van der Waals surface area (Å²) in [5.74, 6) is 0.576. The summed E-state index contributed by atoms with van der Waals surface area (Å²) in [6, 6.07) is 12.3. The largest absolute Gasteiger partial charge is 0.484 e. The van der Waals surface area contributed by atoms with Gasteiger partial charge in [0.15, 0.2) is 6.61 Å². The summed E-state index contributed by atoms with van der Waals surface area (Å²) in [4.78, 5) is 27.5. The van der Waals surface area contributed by atoms with Crippen LogP contribution in [-0.2, 0) is 16.1 Å². The van der Waals surface area contributed by atoms with Gasteiger partial charge in [0.2, 0.25) is 5.91 Å². The SMILES string of the molecule is CCCNC(=O)C(CC)N(Cc1ccc(Cl)c(Cl)c1)C(=O)COc1ccc(C(C)C)cc1. The van der Waals surface area contributed by atoms with Crippen molar-refractivity contribution in [2.24, 2.45) is 0 Å². The van der Waals surface area contributed by atoms with Crippen molar-refractivity contribution in [1.29, 1.82) is 0 Å². The van der Waals surface area contributed by atoms with Gasteiger partial charge >= 0.3 is 0 Å². The first-order valence-electron chi connectivity index (χ1n) is 11.0. The number of carbonyl (C=O) groups excluding carboxylic acids is 2. The van der Waals surface area contributed by atoms with Gasteiger partial charge in [0.25, 0.3) is 5.91 Å². The minimum absolute atomic E-state index is 0.167. The third-order valence-corrected chi connectivity index (χ3v) is 5.92. The summed E-state index contributed by atoms with van der Waals surface area (Å²) in [5, 5.41) is 3.74. The molecule has 0 spiro atoms. The quantitative estimate of drug-likeness (QED) is 0.441. The fraction of sp³-hybridized carbons (Fsp3) is 0.440. The van der Waals surface area contributed by atoms with Crippen LogP contribution in [0.4, 0.5) is 0 Å². The molecular weight excluding hydrogens is 447 g/mol. The van der Waals surface area contributed by atoms with Crippen LogP contribution in [0.2, 0.25) is 10.0 Å². The maximum absolute atomic E-state index is 13.2. The van der Waals surface area contributed by atoms with Gasteiger partial charge < -0.3 is 15.0 Å². The molecule has 1 atom stereocenters. The Labute approximate surface area is 201 Å². The van der Waals surface area contributed by atoms with Crippen molar-refractivity contribution in [3.8, 4) is 5.75 Å². The third kappa shape index (κ3) is 7.42. The number of halogens is 2. The molecule has 0 heterocycles. The molecule has 0 aliphatic rings. The Morgan fingerprint density at radius 2 is 1.72 bits per heavy atom. The minimum Gasteiger partial charge on any atom is -0.484 e. The van der Waals surface area contributed by atoms with E-state index < -0.39 is 6.04 Å². The lowest BCUT2D eigenvalue weighted by Gasteiger charge is -2.30. The fourth-order valence-corrected chi connectivity index (χ4v) is 3.62. The first kappa shape index (κ1) is 26.0. The van der Waals surface area contributed by atoms with Crippen LogP contribution in [0.3, 0.4) is 0 Å². The highest BCUT2D eigenvalue weighted by molar-refractivity contribution is 6.42. The second-order valence-electron chi connectivity index (χ2n) is 8.00. The van der Waals surface area contributed by atoms with E-state index in [9.17, 15) is 9.59 Å². The van der Waals surface area contributed by atoms with Gasteiger partial charge in [-0.1, -0.05) is 69.1 Å². The lowest BCUT2D eigenvalue weighted by atomic mass is 10.0. The summed E-state index contributed by atoms with van der Waals surface area (Å²) in [7, 11) is 0. The second kappa shape index (κ2) is 12.7. The third-order valence-electron chi connectivity index (χ3n) is 5.18. The molecule has 174 valence electrons. The van der Waals surface area contributed by atoms with Gasteiger partial charge in [-0.2, -0.15) is 0 Å². The van der Waals surface area contributed by atoms with E-state index in [1.807, 2.05) is 38.1 Å². The van der Waals surface area contributed by atoms with E-state index in [1.165, 1.54) is 5.56 Å². The maximum Gasteiger partial charge on any atom is 0.261 e. The van der Waals surface area contributed by atoms with E-state index >= 15 is 0 Å². The van der Waals surface area contributed by atoms with E-state index in [0.29, 0.717) is 34.7 Å². The molecular formula is C25H32Cl2N2O3. The van der Waals surface area contributed by atoms with E-state index in [0.717, 1.165) is 12.0 Å². The summed E-state index contributed by atoms with van der Waals surface area (Å²) >= 11 is 12.2. The highest BCUT2D eigenvalue weighted by Crippen LogP contribution is 2.24. The Kier molecular flexibility index (Phi) is 10.3. The Bertz CT molecular complexity index is 901. The van der Waals surface area contributed by atoms with E-state index in [-0.39, 0.29) is 25.0 Å². The van der Waals surface area contributed by atoms with Crippen molar-refractivity contribution in [3.63, 3.8) is 0 Å². The van der Waals surface area contributed by atoms with Crippen LogP contribution in [0.25, 0.3) is 0 Å². The summed E-state index contributed by atoms with van der Waals surface area (Å²) in [6.45, 7) is 8.73. The zero-order chi connectivity index (χ0) is 23.7. The fourth-order valence-electron chi connectivity index (χ4n) is 3.30. The van der Waals surface area contributed by atoms with Crippen LogP contribution in [-0.4, -0.2) is 35.9 Å². The van der Waals surface area contributed by atoms with Gasteiger partial charge in [0.05, 0.1) is 10.0 Å². The first-order valence-corrected chi connectivity index (χ1v) is 11.8. The highest BCUT2D eigenvalue weighted by Gasteiger charge is 2.29. The first-order chi connectivity index (χ1) is 15.3. The van der Waals surface area contributed by atoms with Crippen LogP contribution >= 0.6 is 23.2 Å². The second-order valence-corrected chi connectivity index (χ2v) is 8.81. The molecule has 0 fully saturated rings. The van der Waals surface area contributed by atoms with Crippen molar-refractivity contribution < 1.29 is 14.3 Å². The van der Waals surface area contributed by atoms with Gasteiger partial charge in [-0.3, -0.25) is 9.59 Å². The molecule has 1 N–H and O–H groups in total. The van der Waals surface area contributed by atoms with E-state index in [4.69, 9.17) is 27.9 Å². The number of ether oxygens (including phenoxy) is 1. The summed E-state index contributed by atoms with van der Waals surface area (Å²) < 4.78 is 5.75. The molecule has 32 heavy (non-hydrogen) atoms. The molecule has 2 amide bonds. The molecule has 2 rings (SSSR count). The molecule has 1 unspecified atom stereocenters. The van der Waals surface area contributed by atoms with Crippen LogP contribution in [0, 0.1) is 0 Å². The predicted octanol–water partition coefficient (Wildman–Crippen LogP) is 5.83. The highest BCUT2D eigenvalue weighted by atomic mass is 35.5. The average Bonchev–Trinajstić information content (AvgIpc) is 2.78.